The molecule has 0 bridgehead atoms. The van der Waals surface area contributed by atoms with Crippen LogP contribution in [0.25, 0.3) is 22.1 Å². The number of rotatable bonds is 11. The molecule has 6 rings (SSSR count). The largest absolute Gasteiger partial charge is 1.00 e. The molecule has 9 heteroatoms. The van der Waals surface area contributed by atoms with Gasteiger partial charge in [0.25, 0.3) is 0 Å². The molecular weight excluding hydrogens is 563 g/mol. The van der Waals surface area contributed by atoms with Crippen LogP contribution in [0.15, 0.2) is 97.1 Å². The van der Waals surface area contributed by atoms with Crippen molar-refractivity contribution in [1.82, 2.24) is 19.9 Å². The summed E-state index contributed by atoms with van der Waals surface area (Å²) in [5.41, 5.74) is 5.21. The fraction of sp³-hybridized carbons (Fsp3) is 0.229. The fourth-order valence-electron chi connectivity index (χ4n) is 5.46. The number of benzene rings is 4. The van der Waals surface area contributed by atoms with Crippen molar-refractivity contribution in [2.75, 3.05) is 0 Å². The molecule has 0 amide bonds. The summed E-state index contributed by atoms with van der Waals surface area (Å²) >= 11 is 0. The Morgan fingerprint density at radius 3 is 1.55 bits per heavy atom. The van der Waals surface area contributed by atoms with Crippen molar-refractivity contribution >= 4 is 28.0 Å². The summed E-state index contributed by atoms with van der Waals surface area (Å²) in [6.07, 6.45) is -0.0653. The number of hydrogen-bond acceptors (Lipinski definition) is 5. The molecule has 0 saturated heterocycles. The summed E-state index contributed by atoms with van der Waals surface area (Å²) in [6.45, 7) is 6.00. The van der Waals surface area contributed by atoms with E-state index in [-0.39, 0.29) is 49.6 Å². The first-order chi connectivity index (χ1) is 20.8. The molecule has 3 N–H and O–H groups in total. The van der Waals surface area contributed by atoms with Gasteiger partial charge in [-0.25, -0.2) is 9.97 Å². The first-order valence-corrected chi connectivity index (χ1v) is 14.4. The number of aromatic amines is 2. The van der Waals surface area contributed by atoms with Gasteiger partial charge in [-0.1, -0.05) is 55.5 Å². The van der Waals surface area contributed by atoms with Crippen LogP contribution in [-0.2, 0) is 10.2 Å². The van der Waals surface area contributed by atoms with E-state index in [1.54, 1.807) is 0 Å². The van der Waals surface area contributed by atoms with Crippen LogP contribution in [0.2, 0.25) is 0 Å². The zero-order valence-corrected chi connectivity index (χ0v) is 27.4. The number of hydrogen-bond donors (Lipinski definition) is 3. The molecular formula is C35H35N4NaO4. The zero-order valence-electron chi connectivity index (χ0n) is 26.4. The van der Waals surface area contributed by atoms with Crippen molar-refractivity contribution in [3.8, 4) is 11.5 Å². The Hall–Kier alpha value is -4.11. The SMILES string of the molecule is CC(Oc1ccc(C(C)(CCC(=O)O)c2ccc(OC(C)c3nc4ccccc4[nH]3)cc2)cc1)c1nc2ccccc2[nH]1.[H-].[Na+]. The van der Waals surface area contributed by atoms with Crippen LogP contribution in [0.3, 0.4) is 0 Å². The van der Waals surface area contributed by atoms with Crippen molar-refractivity contribution in [2.45, 2.75) is 51.2 Å². The van der Waals surface area contributed by atoms with Gasteiger partial charge < -0.3 is 26.0 Å². The second-order valence-corrected chi connectivity index (χ2v) is 11.1. The number of aliphatic carboxylic acids is 1. The van der Waals surface area contributed by atoms with E-state index in [1.807, 2.05) is 111 Å². The first kappa shape index (κ1) is 31.3. The number of fused-ring (bicyclic) bond motifs is 2. The van der Waals surface area contributed by atoms with Crippen LogP contribution in [0, 0.1) is 0 Å². The number of nitrogens with zero attached hydrogens (tertiary/aromatic N) is 2. The molecule has 2 heterocycles. The van der Waals surface area contributed by atoms with Gasteiger partial charge in [-0.2, -0.15) is 0 Å². The van der Waals surface area contributed by atoms with Crippen LogP contribution < -0.4 is 39.0 Å². The Balaban J connectivity index is 0.00000230. The van der Waals surface area contributed by atoms with E-state index in [9.17, 15) is 9.90 Å². The second-order valence-electron chi connectivity index (χ2n) is 11.1. The van der Waals surface area contributed by atoms with E-state index in [1.165, 1.54) is 0 Å². The average Bonchev–Trinajstić information content (AvgIpc) is 3.66. The average molecular weight is 599 g/mol. The van der Waals surface area contributed by atoms with E-state index in [0.29, 0.717) is 17.9 Å². The second kappa shape index (κ2) is 13.3. The van der Waals surface area contributed by atoms with Crippen LogP contribution >= 0.6 is 0 Å². The van der Waals surface area contributed by atoms with Crippen molar-refractivity contribution in [3.63, 3.8) is 0 Å². The minimum absolute atomic E-state index is 0. The summed E-state index contributed by atoms with van der Waals surface area (Å²) in [6, 6.07) is 31.5. The van der Waals surface area contributed by atoms with Crippen LogP contribution in [0.4, 0.5) is 0 Å². The Morgan fingerprint density at radius 1 is 0.750 bits per heavy atom. The smallest absolute Gasteiger partial charge is 1.00 e. The summed E-state index contributed by atoms with van der Waals surface area (Å²) in [5.74, 6) is 2.11. The van der Waals surface area contributed by atoms with E-state index in [2.05, 4.69) is 26.9 Å². The third-order valence-electron chi connectivity index (χ3n) is 8.03. The molecule has 0 aliphatic carbocycles. The number of ether oxygens (including phenoxy) is 2. The van der Waals surface area contributed by atoms with Gasteiger partial charge in [0.05, 0.1) is 22.1 Å². The maximum Gasteiger partial charge on any atom is 1.00 e. The molecule has 0 radical (unpaired) electrons. The minimum atomic E-state index is -0.828. The van der Waals surface area contributed by atoms with Crippen molar-refractivity contribution in [3.05, 3.63) is 120 Å². The normalized spacial score (nSPS) is 14.0. The third-order valence-corrected chi connectivity index (χ3v) is 8.03. The van der Waals surface area contributed by atoms with Crippen molar-refractivity contribution in [2.24, 2.45) is 0 Å². The van der Waals surface area contributed by atoms with Gasteiger partial charge in [0.15, 0.2) is 12.2 Å². The number of nitrogens with one attached hydrogen (secondary N) is 2. The van der Waals surface area contributed by atoms with Gasteiger partial charge in [-0.15, -0.1) is 0 Å². The minimum Gasteiger partial charge on any atom is -1.00 e. The molecule has 4 aromatic carbocycles. The summed E-state index contributed by atoms with van der Waals surface area (Å²) in [4.78, 5) is 27.5. The van der Waals surface area contributed by atoms with Gasteiger partial charge in [-0.3, -0.25) is 4.79 Å². The number of imidazole rings is 2. The number of carboxylic acids is 1. The van der Waals surface area contributed by atoms with E-state index in [4.69, 9.17) is 9.47 Å². The molecule has 0 aliphatic rings. The number of carboxylic acid groups (broad SMARTS) is 1. The van der Waals surface area contributed by atoms with Crippen molar-refractivity contribution < 1.29 is 50.4 Å². The number of carbonyl (C=O) groups is 1. The van der Waals surface area contributed by atoms with Crippen LogP contribution in [0.1, 0.15) is 70.0 Å². The van der Waals surface area contributed by atoms with Crippen molar-refractivity contribution in [1.29, 1.82) is 0 Å². The zero-order chi connectivity index (χ0) is 30.0. The predicted molar refractivity (Wildman–Crippen MR) is 168 cm³/mol. The van der Waals surface area contributed by atoms with Gasteiger partial charge in [-0.05, 0) is 79.9 Å². The molecule has 2 unspecified atom stereocenters. The van der Waals surface area contributed by atoms with E-state index < -0.39 is 11.4 Å². The van der Waals surface area contributed by atoms with Gasteiger partial charge >= 0.3 is 35.5 Å². The molecule has 6 aromatic rings. The standard InChI is InChI=1S/C35H34N4O4.Na.H/c1-22(33-36-28-8-4-5-9-29(28)37-33)42-26-16-12-24(13-17-26)35(3,21-20-32(40)41)25-14-18-27(19-15-25)43-23(2)34-38-30-10-6-7-11-31(30)39-34;;/h4-19,22-23H,20-21H2,1-3H3,(H,36,37)(H,38,39)(H,40,41);;/q;+1;-1. The Morgan fingerprint density at radius 2 is 1.16 bits per heavy atom. The van der Waals surface area contributed by atoms with Crippen LogP contribution in [0.5, 0.6) is 11.5 Å². The molecule has 0 saturated carbocycles. The predicted octanol–water partition coefficient (Wildman–Crippen LogP) is 5.01. The Bertz CT molecular complexity index is 1680. The van der Waals surface area contributed by atoms with E-state index in [0.717, 1.165) is 44.8 Å². The molecule has 0 spiro atoms. The first-order valence-electron chi connectivity index (χ1n) is 14.4. The maximum absolute atomic E-state index is 11.6. The molecule has 2 atom stereocenters. The molecule has 44 heavy (non-hydrogen) atoms. The number of H-pyrrole nitrogens is 2. The monoisotopic (exact) mass is 598 g/mol. The Kier molecular flexibility index (Phi) is 9.44. The van der Waals surface area contributed by atoms with Crippen LogP contribution in [-0.4, -0.2) is 31.0 Å². The topological polar surface area (TPSA) is 113 Å². The number of aromatic nitrogens is 4. The van der Waals surface area contributed by atoms with Gasteiger partial charge in [0.1, 0.15) is 23.1 Å². The molecule has 2 aromatic heterocycles. The molecule has 8 nitrogen and oxygen atoms in total. The maximum atomic E-state index is 11.6. The quantitative estimate of drug-likeness (QED) is 0.181. The summed E-state index contributed by atoms with van der Waals surface area (Å²) in [5, 5.41) is 9.52. The third kappa shape index (κ3) is 6.68. The molecule has 0 aliphatic heterocycles. The summed E-state index contributed by atoms with van der Waals surface area (Å²) in [7, 11) is 0. The van der Waals surface area contributed by atoms with Gasteiger partial charge in [0.2, 0.25) is 0 Å². The molecule has 0 fully saturated rings. The Labute approximate surface area is 279 Å². The number of para-hydroxylation sites is 4. The molecule has 220 valence electrons. The van der Waals surface area contributed by atoms with Gasteiger partial charge in [0, 0.05) is 11.8 Å². The van der Waals surface area contributed by atoms with E-state index >= 15 is 0 Å². The summed E-state index contributed by atoms with van der Waals surface area (Å²) < 4.78 is 12.4. The fourth-order valence-corrected chi connectivity index (χ4v) is 5.46.